The normalized spacial score (nSPS) is 11.2. The highest BCUT2D eigenvalue weighted by Gasteiger charge is 2.16. The van der Waals surface area contributed by atoms with Crippen LogP contribution in [-0.2, 0) is 9.53 Å². The molecule has 0 bridgehead atoms. The molecule has 3 heterocycles. The first-order valence-corrected chi connectivity index (χ1v) is 9.50. The van der Waals surface area contributed by atoms with Crippen molar-refractivity contribution in [3.05, 3.63) is 78.3 Å². The number of nitrogens with zero attached hydrogens (tertiary/aromatic N) is 2. The van der Waals surface area contributed by atoms with Gasteiger partial charge in [0.25, 0.3) is 0 Å². The summed E-state index contributed by atoms with van der Waals surface area (Å²) in [7, 11) is 0. The van der Waals surface area contributed by atoms with Crippen molar-refractivity contribution in [3.8, 4) is 22.4 Å². The van der Waals surface area contributed by atoms with E-state index in [4.69, 9.17) is 4.74 Å². The number of aryl methyl sites for hydroxylation is 1. The average molecular weight is 383 g/mol. The molecule has 0 aliphatic heterocycles. The fourth-order valence-corrected chi connectivity index (χ4v) is 3.41. The number of carbonyl (C=O) groups excluding carboxylic acids is 1. The minimum atomic E-state index is -0.368. The summed E-state index contributed by atoms with van der Waals surface area (Å²) in [5.74, 6) is -0.368. The Bertz CT molecular complexity index is 1190. The summed E-state index contributed by atoms with van der Waals surface area (Å²) in [6, 6.07) is 14.2. The lowest BCUT2D eigenvalue weighted by atomic mass is 9.94. The Hall–Kier alpha value is -3.73. The molecule has 0 aliphatic rings. The van der Waals surface area contributed by atoms with Crippen LogP contribution in [0.1, 0.15) is 18.1 Å². The van der Waals surface area contributed by atoms with E-state index >= 15 is 0 Å². The third-order valence-electron chi connectivity index (χ3n) is 4.70. The molecule has 0 atom stereocenters. The molecule has 29 heavy (non-hydrogen) atoms. The third kappa shape index (κ3) is 3.80. The molecule has 0 aliphatic carbocycles. The summed E-state index contributed by atoms with van der Waals surface area (Å²) in [4.78, 5) is 24.1. The number of H-pyrrole nitrogens is 1. The molecule has 0 saturated carbocycles. The van der Waals surface area contributed by atoms with Crippen molar-refractivity contribution in [3.63, 3.8) is 0 Å². The highest BCUT2D eigenvalue weighted by Crippen LogP contribution is 2.37. The number of carbonyl (C=O) groups is 1. The van der Waals surface area contributed by atoms with E-state index in [0.717, 1.165) is 44.5 Å². The predicted molar refractivity (Wildman–Crippen MR) is 115 cm³/mol. The minimum absolute atomic E-state index is 0.342. The summed E-state index contributed by atoms with van der Waals surface area (Å²) >= 11 is 0. The number of pyridine rings is 2. The van der Waals surface area contributed by atoms with Gasteiger partial charge >= 0.3 is 5.97 Å². The van der Waals surface area contributed by atoms with Crippen LogP contribution in [0.4, 0.5) is 0 Å². The summed E-state index contributed by atoms with van der Waals surface area (Å²) in [6.07, 6.45) is 8.62. The lowest BCUT2D eigenvalue weighted by Crippen LogP contribution is -1.98. The van der Waals surface area contributed by atoms with E-state index in [-0.39, 0.29) is 5.97 Å². The fraction of sp³-hybridized carbons (Fsp3) is 0.125. The molecule has 5 nitrogen and oxygen atoms in total. The zero-order valence-corrected chi connectivity index (χ0v) is 16.3. The summed E-state index contributed by atoms with van der Waals surface area (Å²) in [5, 5.41) is 0.945. The Labute approximate surface area is 169 Å². The van der Waals surface area contributed by atoms with Crippen LogP contribution < -0.4 is 0 Å². The van der Waals surface area contributed by atoms with E-state index in [1.807, 2.05) is 30.5 Å². The second-order valence-corrected chi connectivity index (χ2v) is 6.69. The van der Waals surface area contributed by atoms with Crippen molar-refractivity contribution in [1.29, 1.82) is 0 Å². The Morgan fingerprint density at radius 3 is 2.79 bits per heavy atom. The van der Waals surface area contributed by atoms with Gasteiger partial charge in [-0.3, -0.25) is 4.98 Å². The summed E-state index contributed by atoms with van der Waals surface area (Å²) < 4.78 is 5.05. The van der Waals surface area contributed by atoms with Gasteiger partial charge in [0.15, 0.2) is 0 Å². The summed E-state index contributed by atoms with van der Waals surface area (Å²) in [5.41, 5.74) is 6.83. The molecular formula is C24H21N3O2. The second kappa shape index (κ2) is 8.10. The van der Waals surface area contributed by atoms with E-state index in [1.54, 1.807) is 25.4 Å². The van der Waals surface area contributed by atoms with Crippen LogP contribution in [0, 0.1) is 6.92 Å². The molecule has 3 aromatic heterocycles. The largest absolute Gasteiger partial charge is 0.463 e. The van der Waals surface area contributed by atoms with Crippen molar-refractivity contribution in [2.24, 2.45) is 0 Å². The standard InChI is InChI=1S/C24H21N3O2/c1-3-29-22(28)11-10-18-20-7-5-13-26-24(20)27-23(18)19-9-8-16(2)14-21(19)17-6-4-12-25-15-17/h4-15H,3H2,1-2H3,(H,26,27)/b11-10+. The Morgan fingerprint density at radius 2 is 2.00 bits per heavy atom. The van der Waals surface area contributed by atoms with Gasteiger partial charge in [-0.05, 0) is 43.7 Å². The SMILES string of the molecule is CCOC(=O)/C=C/c1c(-c2ccc(C)cc2-c2cccnc2)[nH]c2ncccc12. The molecular weight excluding hydrogens is 362 g/mol. The van der Waals surface area contributed by atoms with E-state index in [0.29, 0.717) is 6.61 Å². The average Bonchev–Trinajstić information content (AvgIpc) is 3.11. The zero-order valence-electron chi connectivity index (χ0n) is 16.3. The van der Waals surface area contributed by atoms with Gasteiger partial charge in [0.05, 0.1) is 12.3 Å². The number of benzene rings is 1. The van der Waals surface area contributed by atoms with Crippen molar-refractivity contribution >= 4 is 23.1 Å². The smallest absolute Gasteiger partial charge is 0.330 e. The molecule has 1 aromatic carbocycles. The van der Waals surface area contributed by atoms with Crippen LogP contribution in [0.5, 0.6) is 0 Å². The summed E-state index contributed by atoms with van der Waals surface area (Å²) in [6.45, 7) is 4.20. The number of rotatable bonds is 5. The van der Waals surface area contributed by atoms with Crippen LogP contribution in [0.3, 0.4) is 0 Å². The van der Waals surface area contributed by atoms with Crippen molar-refractivity contribution in [2.75, 3.05) is 6.61 Å². The maximum atomic E-state index is 11.9. The van der Waals surface area contributed by atoms with Crippen LogP contribution in [0.15, 0.2) is 67.1 Å². The Kier molecular flexibility index (Phi) is 5.20. The van der Waals surface area contributed by atoms with Gasteiger partial charge in [-0.25, -0.2) is 9.78 Å². The highest BCUT2D eigenvalue weighted by molar-refractivity contribution is 6.00. The maximum absolute atomic E-state index is 11.9. The number of hydrogen-bond acceptors (Lipinski definition) is 4. The van der Waals surface area contributed by atoms with Crippen LogP contribution in [0.2, 0.25) is 0 Å². The van der Waals surface area contributed by atoms with Gasteiger partial charge in [0.1, 0.15) is 5.65 Å². The molecule has 0 fully saturated rings. The number of fused-ring (bicyclic) bond motifs is 1. The van der Waals surface area contributed by atoms with Gasteiger partial charge in [0, 0.05) is 46.7 Å². The van der Waals surface area contributed by atoms with E-state index in [1.165, 1.54) is 6.08 Å². The predicted octanol–water partition coefficient (Wildman–Crippen LogP) is 5.18. The van der Waals surface area contributed by atoms with Gasteiger partial charge in [-0.1, -0.05) is 29.8 Å². The van der Waals surface area contributed by atoms with Gasteiger partial charge in [-0.15, -0.1) is 0 Å². The molecule has 0 unspecified atom stereocenters. The van der Waals surface area contributed by atoms with Gasteiger partial charge in [0.2, 0.25) is 0 Å². The quantitative estimate of drug-likeness (QED) is 0.381. The minimum Gasteiger partial charge on any atom is -0.463 e. The molecule has 0 radical (unpaired) electrons. The van der Waals surface area contributed by atoms with E-state index < -0.39 is 0 Å². The van der Waals surface area contributed by atoms with Crippen LogP contribution >= 0.6 is 0 Å². The number of aromatic amines is 1. The van der Waals surface area contributed by atoms with E-state index in [2.05, 4.69) is 40.1 Å². The topological polar surface area (TPSA) is 67.9 Å². The Balaban J connectivity index is 1.93. The number of nitrogens with one attached hydrogen (secondary N) is 1. The Morgan fingerprint density at radius 1 is 1.14 bits per heavy atom. The fourth-order valence-electron chi connectivity index (χ4n) is 3.41. The molecule has 1 N–H and O–H groups in total. The van der Waals surface area contributed by atoms with Crippen molar-refractivity contribution < 1.29 is 9.53 Å². The van der Waals surface area contributed by atoms with E-state index in [9.17, 15) is 4.79 Å². The van der Waals surface area contributed by atoms with Crippen molar-refractivity contribution in [2.45, 2.75) is 13.8 Å². The van der Waals surface area contributed by atoms with Crippen LogP contribution in [0.25, 0.3) is 39.5 Å². The van der Waals surface area contributed by atoms with Gasteiger partial charge < -0.3 is 9.72 Å². The molecule has 0 saturated heterocycles. The monoisotopic (exact) mass is 383 g/mol. The molecule has 4 rings (SSSR count). The lowest BCUT2D eigenvalue weighted by Gasteiger charge is -2.11. The number of aromatic nitrogens is 3. The lowest BCUT2D eigenvalue weighted by molar-refractivity contribution is -0.137. The number of hydrogen-bond donors (Lipinski definition) is 1. The number of ether oxygens (including phenoxy) is 1. The zero-order chi connectivity index (χ0) is 20.2. The van der Waals surface area contributed by atoms with Crippen molar-refractivity contribution in [1.82, 2.24) is 15.0 Å². The van der Waals surface area contributed by atoms with Gasteiger partial charge in [-0.2, -0.15) is 0 Å². The van der Waals surface area contributed by atoms with Crippen LogP contribution in [-0.4, -0.2) is 27.5 Å². The second-order valence-electron chi connectivity index (χ2n) is 6.69. The first-order chi connectivity index (χ1) is 14.2. The molecule has 144 valence electrons. The highest BCUT2D eigenvalue weighted by atomic mass is 16.5. The first-order valence-electron chi connectivity index (χ1n) is 9.50. The molecule has 0 spiro atoms. The third-order valence-corrected chi connectivity index (χ3v) is 4.70. The molecule has 4 aromatic rings. The maximum Gasteiger partial charge on any atom is 0.330 e. The molecule has 5 heteroatoms. The molecule has 0 amide bonds. The number of esters is 1. The first kappa shape index (κ1) is 18.6.